The number of benzene rings is 9. The molecule has 7 heteroatoms. The summed E-state index contributed by atoms with van der Waals surface area (Å²) in [6.07, 6.45) is 0. The molecule has 0 bridgehead atoms. The minimum atomic E-state index is 0.558. The van der Waals surface area contributed by atoms with Crippen LogP contribution in [0.4, 0.5) is 0 Å². The molecule has 9 aromatic carbocycles. The summed E-state index contributed by atoms with van der Waals surface area (Å²) in [5, 5.41) is 9.14. The SMILES string of the molecule is c1ccc(-n2c3ccccc3c3cc(-c4cccc5c4oc4cccc(-c6nc(-c7ccc8c(c7)sc7ccccc78)nc(-n7c8ccccc8c8ccccc87)n6)c45)ccc32)cc1. The summed E-state index contributed by atoms with van der Waals surface area (Å²) in [6.45, 7) is 0. The number of para-hydroxylation sites is 5. The van der Waals surface area contributed by atoms with E-state index in [4.69, 9.17) is 19.4 Å². The van der Waals surface area contributed by atoms with Gasteiger partial charge in [0.05, 0.1) is 22.1 Å². The van der Waals surface area contributed by atoms with Gasteiger partial charge in [0.2, 0.25) is 5.95 Å². The van der Waals surface area contributed by atoms with Crippen molar-refractivity contribution in [3.05, 3.63) is 200 Å². The molecule has 0 unspecified atom stereocenters. The van der Waals surface area contributed by atoms with Crippen LogP contribution in [0.2, 0.25) is 0 Å². The van der Waals surface area contributed by atoms with Gasteiger partial charge in [-0.3, -0.25) is 4.57 Å². The minimum absolute atomic E-state index is 0.558. The smallest absolute Gasteiger partial charge is 0.238 e. The van der Waals surface area contributed by atoms with Crippen LogP contribution >= 0.6 is 11.3 Å². The Hall–Kier alpha value is -8.39. The molecule has 0 radical (unpaired) electrons. The van der Waals surface area contributed by atoms with Crippen molar-refractivity contribution >= 4 is 97.1 Å². The standard InChI is InChI=1S/C57H33N5OS/c1-2-14-36(15-3-1)61-46-23-8-6-18-40(46)45-32-34(29-31-49(45)61)37-20-12-21-43-53-44(22-13-26-50(53)63-54(37)43)56-58-55(35-28-30-42-41-19-7-11-27-51(41)64-52(42)33-35)59-57(60-56)62-47-24-9-4-16-38(47)39-17-5-10-25-48(39)62/h1-33H. The zero-order valence-electron chi connectivity index (χ0n) is 34.1. The number of aromatic nitrogens is 5. The van der Waals surface area contributed by atoms with Crippen LogP contribution in [0.15, 0.2) is 205 Å². The lowest BCUT2D eigenvalue weighted by Crippen LogP contribution is -2.06. The van der Waals surface area contributed by atoms with Gasteiger partial charge >= 0.3 is 0 Å². The molecule has 0 saturated heterocycles. The fourth-order valence-electron chi connectivity index (χ4n) is 9.97. The van der Waals surface area contributed by atoms with Crippen molar-refractivity contribution < 1.29 is 4.42 Å². The molecule has 14 aromatic rings. The Bertz CT molecular complexity index is 4160. The van der Waals surface area contributed by atoms with Gasteiger partial charge < -0.3 is 8.98 Å². The maximum atomic E-state index is 6.90. The molecule has 5 heterocycles. The summed E-state index contributed by atoms with van der Waals surface area (Å²) in [5.74, 6) is 1.74. The van der Waals surface area contributed by atoms with Crippen molar-refractivity contribution in [2.75, 3.05) is 0 Å². The lowest BCUT2D eigenvalue weighted by molar-refractivity contribution is 0.670. The Morgan fingerprint density at radius 3 is 1.77 bits per heavy atom. The van der Waals surface area contributed by atoms with Gasteiger partial charge in [0, 0.05) is 74.9 Å². The molecule has 14 rings (SSSR count). The summed E-state index contributed by atoms with van der Waals surface area (Å²) in [7, 11) is 0. The van der Waals surface area contributed by atoms with E-state index >= 15 is 0 Å². The van der Waals surface area contributed by atoms with Gasteiger partial charge in [-0.2, -0.15) is 9.97 Å². The molecule has 64 heavy (non-hydrogen) atoms. The van der Waals surface area contributed by atoms with E-state index < -0.39 is 0 Å². The summed E-state index contributed by atoms with van der Waals surface area (Å²) in [5.41, 5.74) is 11.1. The summed E-state index contributed by atoms with van der Waals surface area (Å²) < 4.78 is 13.9. The van der Waals surface area contributed by atoms with Crippen molar-refractivity contribution in [2.24, 2.45) is 0 Å². The second kappa shape index (κ2) is 13.6. The lowest BCUT2D eigenvalue weighted by atomic mass is 9.99. The summed E-state index contributed by atoms with van der Waals surface area (Å²) >= 11 is 1.79. The first kappa shape index (κ1) is 35.2. The molecule has 0 fully saturated rings. The van der Waals surface area contributed by atoms with E-state index in [9.17, 15) is 0 Å². The maximum absolute atomic E-state index is 6.90. The van der Waals surface area contributed by atoms with E-state index in [1.54, 1.807) is 11.3 Å². The number of hydrogen-bond donors (Lipinski definition) is 0. The molecule has 0 spiro atoms. The Balaban J connectivity index is 0.991. The van der Waals surface area contributed by atoms with E-state index in [-0.39, 0.29) is 0 Å². The molecule has 5 aromatic heterocycles. The highest BCUT2D eigenvalue weighted by Crippen LogP contribution is 2.43. The first-order valence-electron chi connectivity index (χ1n) is 21.4. The Labute approximate surface area is 369 Å². The quantitative estimate of drug-likeness (QED) is 0.173. The second-order valence-corrected chi connectivity index (χ2v) is 17.4. The Morgan fingerprint density at radius 1 is 0.375 bits per heavy atom. The fourth-order valence-corrected chi connectivity index (χ4v) is 11.1. The van der Waals surface area contributed by atoms with Crippen LogP contribution in [-0.4, -0.2) is 24.1 Å². The van der Waals surface area contributed by atoms with Gasteiger partial charge in [-0.1, -0.05) is 140 Å². The number of rotatable bonds is 5. The zero-order valence-corrected chi connectivity index (χ0v) is 34.9. The predicted molar refractivity (Wildman–Crippen MR) is 265 cm³/mol. The predicted octanol–water partition coefficient (Wildman–Crippen LogP) is 15.3. The molecule has 0 N–H and O–H groups in total. The highest BCUT2D eigenvalue weighted by atomic mass is 32.1. The molecule has 298 valence electrons. The fraction of sp³-hybridized carbons (Fsp3) is 0. The topological polar surface area (TPSA) is 61.7 Å². The van der Waals surface area contributed by atoms with Crippen molar-refractivity contribution in [3.8, 4) is 45.5 Å². The van der Waals surface area contributed by atoms with Crippen LogP contribution in [0.3, 0.4) is 0 Å². The maximum Gasteiger partial charge on any atom is 0.238 e. The monoisotopic (exact) mass is 835 g/mol. The van der Waals surface area contributed by atoms with Crippen molar-refractivity contribution in [3.63, 3.8) is 0 Å². The molecule has 0 saturated carbocycles. The van der Waals surface area contributed by atoms with E-state index in [0.29, 0.717) is 17.6 Å². The first-order chi connectivity index (χ1) is 31.7. The number of fused-ring (bicyclic) bond motifs is 12. The van der Waals surface area contributed by atoms with E-state index in [1.807, 2.05) is 12.1 Å². The highest BCUT2D eigenvalue weighted by molar-refractivity contribution is 7.25. The minimum Gasteiger partial charge on any atom is -0.455 e. The van der Waals surface area contributed by atoms with Gasteiger partial charge in [-0.15, -0.1) is 11.3 Å². The molecule has 0 aliphatic carbocycles. The van der Waals surface area contributed by atoms with Gasteiger partial charge in [-0.25, -0.2) is 4.98 Å². The number of hydrogen-bond acceptors (Lipinski definition) is 5. The Morgan fingerprint density at radius 2 is 0.969 bits per heavy atom. The molecule has 0 amide bonds. The van der Waals surface area contributed by atoms with Crippen LogP contribution in [0.1, 0.15) is 0 Å². The molecule has 6 nitrogen and oxygen atoms in total. The van der Waals surface area contributed by atoms with Crippen molar-refractivity contribution in [1.82, 2.24) is 24.1 Å². The molecule has 0 aliphatic rings. The largest absolute Gasteiger partial charge is 0.455 e. The van der Waals surface area contributed by atoms with Crippen LogP contribution in [0.5, 0.6) is 0 Å². The molecular formula is C57H33N5OS. The average molecular weight is 836 g/mol. The molecular weight excluding hydrogens is 803 g/mol. The van der Waals surface area contributed by atoms with Gasteiger partial charge in [0.15, 0.2) is 11.6 Å². The lowest BCUT2D eigenvalue weighted by Gasteiger charge is -2.11. The number of furan rings is 1. The third-order valence-corrected chi connectivity index (χ3v) is 13.9. The van der Waals surface area contributed by atoms with Crippen LogP contribution in [0, 0.1) is 0 Å². The molecule has 0 aliphatic heterocycles. The normalized spacial score (nSPS) is 12.1. The zero-order chi connectivity index (χ0) is 41.9. The summed E-state index contributed by atoms with van der Waals surface area (Å²) in [4.78, 5) is 16.0. The third kappa shape index (κ3) is 5.16. The van der Waals surface area contributed by atoms with Gasteiger partial charge in [0.25, 0.3) is 0 Å². The highest BCUT2D eigenvalue weighted by Gasteiger charge is 2.22. The second-order valence-electron chi connectivity index (χ2n) is 16.3. The van der Waals surface area contributed by atoms with Gasteiger partial charge in [-0.05, 0) is 66.2 Å². The van der Waals surface area contributed by atoms with Gasteiger partial charge in [0.1, 0.15) is 11.2 Å². The number of nitrogens with zero attached hydrogens (tertiary/aromatic N) is 5. The Kier molecular flexibility index (Phi) is 7.46. The number of thiophene rings is 1. The third-order valence-electron chi connectivity index (χ3n) is 12.8. The van der Waals surface area contributed by atoms with Crippen LogP contribution in [-0.2, 0) is 0 Å². The van der Waals surface area contributed by atoms with Crippen LogP contribution in [0.25, 0.3) is 131 Å². The van der Waals surface area contributed by atoms with E-state index in [2.05, 4.69) is 197 Å². The average Bonchev–Trinajstić information content (AvgIpc) is 4.11. The molecule has 0 atom stereocenters. The van der Waals surface area contributed by atoms with E-state index in [1.165, 1.54) is 36.5 Å². The summed E-state index contributed by atoms with van der Waals surface area (Å²) in [6, 6.07) is 70.7. The van der Waals surface area contributed by atoms with Crippen molar-refractivity contribution in [1.29, 1.82) is 0 Å². The van der Waals surface area contributed by atoms with Crippen molar-refractivity contribution in [2.45, 2.75) is 0 Å². The van der Waals surface area contributed by atoms with Crippen LogP contribution < -0.4 is 0 Å². The first-order valence-corrected chi connectivity index (χ1v) is 22.3. The van der Waals surface area contributed by atoms with E-state index in [0.717, 1.165) is 77.2 Å².